The van der Waals surface area contributed by atoms with Crippen molar-refractivity contribution in [3.05, 3.63) is 46.8 Å². The molecular formula is C18H25N3. The third kappa shape index (κ3) is 3.18. The number of rotatable bonds is 6. The smallest absolute Gasteiger partial charge is 0.0678 e. The lowest BCUT2D eigenvalue weighted by Gasteiger charge is -2.12. The van der Waals surface area contributed by atoms with Crippen LogP contribution in [-0.4, -0.2) is 15.8 Å². The zero-order valence-electron chi connectivity index (χ0n) is 13.3. The molecule has 0 unspecified atom stereocenters. The quantitative estimate of drug-likeness (QED) is 0.876. The molecule has 0 bridgehead atoms. The van der Waals surface area contributed by atoms with Crippen LogP contribution >= 0.6 is 0 Å². The van der Waals surface area contributed by atoms with E-state index in [9.17, 15) is 0 Å². The molecule has 1 aromatic heterocycles. The van der Waals surface area contributed by atoms with Crippen LogP contribution in [-0.2, 0) is 13.0 Å². The van der Waals surface area contributed by atoms with Gasteiger partial charge in [0.15, 0.2) is 0 Å². The molecular weight excluding hydrogens is 258 g/mol. The van der Waals surface area contributed by atoms with E-state index < -0.39 is 0 Å². The topological polar surface area (TPSA) is 29.9 Å². The number of nitrogens with zero attached hydrogens (tertiary/aromatic N) is 2. The Morgan fingerprint density at radius 1 is 1.29 bits per heavy atom. The first-order valence-electron chi connectivity index (χ1n) is 8.06. The summed E-state index contributed by atoms with van der Waals surface area (Å²) in [7, 11) is 0. The fourth-order valence-electron chi connectivity index (χ4n) is 2.85. The van der Waals surface area contributed by atoms with Crippen molar-refractivity contribution >= 4 is 0 Å². The highest BCUT2D eigenvalue weighted by Gasteiger charge is 2.21. The summed E-state index contributed by atoms with van der Waals surface area (Å²) in [5, 5.41) is 8.28. The fraction of sp³-hybridized carbons (Fsp3) is 0.500. The summed E-state index contributed by atoms with van der Waals surface area (Å²) in [6.45, 7) is 7.49. The molecule has 0 saturated heterocycles. The minimum atomic E-state index is 0.740. The van der Waals surface area contributed by atoms with Crippen LogP contribution < -0.4 is 5.32 Å². The molecule has 0 aliphatic heterocycles. The van der Waals surface area contributed by atoms with E-state index in [4.69, 9.17) is 0 Å². The Labute approximate surface area is 127 Å². The number of nitrogens with one attached hydrogen (secondary N) is 1. The van der Waals surface area contributed by atoms with Crippen LogP contribution in [0.3, 0.4) is 0 Å². The molecule has 112 valence electrons. The molecule has 0 radical (unpaired) electrons. The number of hydrogen-bond donors (Lipinski definition) is 1. The summed E-state index contributed by atoms with van der Waals surface area (Å²) < 4.78 is 2.14. The van der Waals surface area contributed by atoms with E-state index in [0.29, 0.717) is 0 Å². The highest BCUT2D eigenvalue weighted by Crippen LogP contribution is 2.23. The number of aryl methyl sites for hydroxylation is 2. The largest absolute Gasteiger partial charge is 0.310 e. The van der Waals surface area contributed by atoms with Gasteiger partial charge in [0, 0.05) is 23.8 Å². The van der Waals surface area contributed by atoms with Crippen molar-refractivity contribution < 1.29 is 0 Å². The van der Waals surface area contributed by atoms with Crippen molar-refractivity contribution in [1.29, 1.82) is 0 Å². The second-order valence-electron chi connectivity index (χ2n) is 6.22. The highest BCUT2D eigenvalue weighted by atomic mass is 15.3. The van der Waals surface area contributed by atoms with Gasteiger partial charge in [-0.3, -0.25) is 0 Å². The Bertz CT molecular complexity index is 623. The first-order chi connectivity index (χ1) is 10.2. The lowest BCUT2D eigenvalue weighted by Crippen LogP contribution is -2.16. The van der Waals surface area contributed by atoms with Gasteiger partial charge in [0.25, 0.3) is 0 Å². The molecule has 1 N–H and O–H groups in total. The standard InChI is InChI=1S/C18H25N3/c1-4-5-18-15(11-19-16-7-8-16)12-20-21(18)17-9-6-13(2)10-14(17)3/h6,9-10,12,16,19H,4-5,7-8,11H2,1-3H3. The van der Waals surface area contributed by atoms with Crippen molar-refractivity contribution in [2.45, 2.75) is 59.0 Å². The van der Waals surface area contributed by atoms with Gasteiger partial charge in [-0.2, -0.15) is 5.10 Å². The molecule has 3 nitrogen and oxygen atoms in total. The molecule has 3 rings (SSSR count). The number of aromatic nitrogens is 2. The monoisotopic (exact) mass is 283 g/mol. The van der Waals surface area contributed by atoms with Gasteiger partial charge in [-0.05, 0) is 44.7 Å². The maximum atomic E-state index is 4.67. The molecule has 3 heteroatoms. The molecule has 0 spiro atoms. The van der Waals surface area contributed by atoms with Gasteiger partial charge in [0.05, 0.1) is 11.9 Å². The van der Waals surface area contributed by atoms with Crippen LogP contribution in [0.4, 0.5) is 0 Å². The number of benzene rings is 1. The van der Waals surface area contributed by atoms with Crippen molar-refractivity contribution in [3.63, 3.8) is 0 Å². The summed E-state index contributed by atoms with van der Waals surface area (Å²) in [5.41, 5.74) is 6.51. The molecule has 1 aliphatic carbocycles. The summed E-state index contributed by atoms with van der Waals surface area (Å²) in [4.78, 5) is 0. The van der Waals surface area contributed by atoms with Gasteiger partial charge in [0.2, 0.25) is 0 Å². The van der Waals surface area contributed by atoms with Crippen LogP contribution in [0.15, 0.2) is 24.4 Å². The van der Waals surface area contributed by atoms with E-state index in [0.717, 1.165) is 25.4 Å². The predicted octanol–water partition coefficient (Wildman–Crippen LogP) is 3.69. The average molecular weight is 283 g/mol. The predicted molar refractivity (Wildman–Crippen MR) is 86.9 cm³/mol. The van der Waals surface area contributed by atoms with Crippen molar-refractivity contribution in [1.82, 2.24) is 15.1 Å². The van der Waals surface area contributed by atoms with Gasteiger partial charge in [0.1, 0.15) is 0 Å². The lowest BCUT2D eigenvalue weighted by atomic mass is 10.1. The first kappa shape index (κ1) is 14.3. The molecule has 2 aromatic rings. The van der Waals surface area contributed by atoms with Gasteiger partial charge >= 0.3 is 0 Å². The van der Waals surface area contributed by atoms with E-state index in [1.807, 2.05) is 6.20 Å². The van der Waals surface area contributed by atoms with Gasteiger partial charge in [-0.25, -0.2) is 4.68 Å². The van der Waals surface area contributed by atoms with Crippen LogP contribution in [0.25, 0.3) is 5.69 Å². The third-order valence-electron chi connectivity index (χ3n) is 4.18. The minimum absolute atomic E-state index is 0.740. The molecule has 0 atom stereocenters. The molecule has 1 aliphatic rings. The molecule has 21 heavy (non-hydrogen) atoms. The van der Waals surface area contributed by atoms with E-state index in [2.05, 4.69) is 54.1 Å². The zero-order valence-corrected chi connectivity index (χ0v) is 13.3. The molecule has 0 amide bonds. The van der Waals surface area contributed by atoms with E-state index >= 15 is 0 Å². The van der Waals surface area contributed by atoms with E-state index in [-0.39, 0.29) is 0 Å². The molecule has 1 saturated carbocycles. The van der Waals surface area contributed by atoms with Crippen molar-refractivity contribution in [2.24, 2.45) is 0 Å². The fourth-order valence-corrected chi connectivity index (χ4v) is 2.85. The van der Waals surface area contributed by atoms with Crippen molar-refractivity contribution in [3.8, 4) is 5.69 Å². The average Bonchev–Trinajstić information content (AvgIpc) is 3.20. The first-order valence-corrected chi connectivity index (χ1v) is 8.06. The van der Waals surface area contributed by atoms with Crippen LogP contribution in [0, 0.1) is 13.8 Å². The lowest BCUT2D eigenvalue weighted by molar-refractivity contribution is 0.676. The minimum Gasteiger partial charge on any atom is -0.310 e. The Hall–Kier alpha value is -1.61. The summed E-state index contributed by atoms with van der Waals surface area (Å²) >= 11 is 0. The van der Waals surface area contributed by atoms with E-state index in [1.165, 1.54) is 40.9 Å². The SMILES string of the molecule is CCCc1c(CNC2CC2)cnn1-c1ccc(C)cc1C. The Kier molecular flexibility index (Phi) is 4.11. The Morgan fingerprint density at radius 2 is 2.10 bits per heavy atom. The summed E-state index contributed by atoms with van der Waals surface area (Å²) in [6, 6.07) is 7.33. The summed E-state index contributed by atoms with van der Waals surface area (Å²) in [5.74, 6) is 0. The summed E-state index contributed by atoms with van der Waals surface area (Å²) in [6.07, 6.45) is 6.92. The molecule has 1 fully saturated rings. The van der Waals surface area contributed by atoms with Crippen LogP contribution in [0.5, 0.6) is 0 Å². The van der Waals surface area contributed by atoms with E-state index in [1.54, 1.807) is 0 Å². The van der Waals surface area contributed by atoms with Crippen LogP contribution in [0.2, 0.25) is 0 Å². The normalized spacial score (nSPS) is 14.6. The Morgan fingerprint density at radius 3 is 2.76 bits per heavy atom. The second kappa shape index (κ2) is 6.02. The van der Waals surface area contributed by atoms with Gasteiger partial charge < -0.3 is 5.32 Å². The van der Waals surface area contributed by atoms with Crippen molar-refractivity contribution in [2.75, 3.05) is 0 Å². The van der Waals surface area contributed by atoms with Gasteiger partial charge in [-0.1, -0.05) is 31.0 Å². The second-order valence-corrected chi connectivity index (χ2v) is 6.22. The third-order valence-corrected chi connectivity index (χ3v) is 4.18. The van der Waals surface area contributed by atoms with Gasteiger partial charge in [-0.15, -0.1) is 0 Å². The Balaban J connectivity index is 1.92. The molecule has 1 aromatic carbocycles. The highest BCUT2D eigenvalue weighted by molar-refractivity contribution is 5.44. The number of hydrogen-bond acceptors (Lipinski definition) is 2. The van der Waals surface area contributed by atoms with Crippen LogP contribution in [0.1, 0.15) is 48.6 Å². The maximum absolute atomic E-state index is 4.67. The zero-order chi connectivity index (χ0) is 14.8. The maximum Gasteiger partial charge on any atom is 0.0678 e. The molecule has 1 heterocycles.